The molecule has 2 atom stereocenters. The quantitative estimate of drug-likeness (QED) is 0.879. The van der Waals surface area contributed by atoms with Crippen LogP contribution in [-0.4, -0.2) is 25.5 Å². The summed E-state index contributed by atoms with van der Waals surface area (Å²) in [6.45, 7) is 4.38. The molecule has 1 aliphatic rings. The average Bonchev–Trinajstić information content (AvgIpc) is 3.09. The van der Waals surface area contributed by atoms with Crippen LogP contribution in [0.15, 0.2) is 48.5 Å². The number of aryl methyl sites for hydroxylation is 1. The molecule has 0 aliphatic carbocycles. The molecular formula is C20H24FN3O. The van der Waals surface area contributed by atoms with Crippen molar-refractivity contribution in [1.29, 1.82) is 0 Å². The molecule has 0 saturated carbocycles. The van der Waals surface area contributed by atoms with Gasteiger partial charge < -0.3 is 16.0 Å². The van der Waals surface area contributed by atoms with E-state index in [1.807, 2.05) is 31.2 Å². The molecule has 3 N–H and O–H groups in total. The number of amides is 1. The SMILES string of the molecule is Cc1ccc(C(N)C(=O)NCC2CCN(c3ccc(F)cc3)C2)cc1. The van der Waals surface area contributed by atoms with Gasteiger partial charge in [0.1, 0.15) is 11.9 Å². The van der Waals surface area contributed by atoms with Crippen molar-refractivity contribution in [3.63, 3.8) is 0 Å². The predicted molar refractivity (Wildman–Crippen MR) is 97.8 cm³/mol. The number of carbonyl (C=O) groups is 1. The van der Waals surface area contributed by atoms with Crippen LogP contribution in [0.1, 0.15) is 23.6 Å². The van der Waals surface area contributed by atoms with E-state index in [1.54, 1.807) is 12.1 Å². The molecule has 3 rings (SSSR count). The minimum Gasteiger partial charge on any atom is -0.371 e. The summed E-state index contributed by atoms with van der Waals surface area (Å²) in [6.07, 6.45) is 0.997. The maximum absolute atomic E-state index is 13.0. The Morgan fingerprint density at radius 2 is 1.92 bits per heavy atom. The zero-order valence-corrected chi connectivity index (χ0v) is 14.4. The van der Waals surface area contributed by atoms with Crippen LogP contribution in [0.5, 0.6) is 0 Å². The third-order valence-corrected chi connectivity index (χ3v) is 4.76. The van der Waals surface area contributed by atoms with Crippen LogP contribution in [0.25, 0.3) is 0 Å². The predicted octanol–water partition coefficient (Wildman–Crippen LogP) is 2.78. The van der Waals surface area contributed by atoms with Gasteiger partial charge in [0.05, 0.1) is 0 Å². The molecule has 1 saturated heterocycles. The molecule has 2 aromatic rings. The first-order chi connectivity index (χ1) is 12.0. The second kappa shape index (κ2) is 7.66. The van der Waals surface area contributed by atoms with Gasteiger partial charge in [0.2, 0.25) is 5.91 Å². The number of nitrogens with zero attached hydrogens (tertiary/aromatic N) is 1. The zero-order valence-electron chi connectivity index (χ0n) is 14.4. The summed E-state index contributed by atoms with van der Waals surface area (Å²) in [6, 6.07) is 13.6. The number of nitrogens with two attached hydrogens (primary N) is 1. The number of halogens is 1. The second-order valence-corrected chi connectivity index (χ2v) is 6.71. The molecule has 1 amide bonds. The zero-order chi connectivity index (χ0) is 17.8. The first-order valence-electron chi connectivity index (χ1n) is 8.63. The van der Waals surface area contributed by atoms with Crippen molar-refractivity contribution in [3.8, 4) is 0 Å². The van der Waals surface area contributed by atoms with Crippen LogP contribution in [0.4, 0.5) is 10.1 Å². The summed E-state index contributed by atoms with van der Waals surface area (Å²) < 4.78 is 13.0. The van der Waals surface area contributed by atoms with Crippen molar-refractivity contribution < 1.29 is 9.18 Å². The van der Waals surface area contributed by atoms with Crippen molar-refractivity contribution in [1.82, 2.24) is 5.32 Å². The molecule has 0 spiro atoms. The number of anilines is 1. The summed E-state index contributed by atoms with van der Waals surface area (Å²) >= 11 is 0. The lowest BCUT2D eigenvalue weighted by atomic mass is 10.0. The average molecular weight is 341 g/mol. The first kappa shape index (κ1) is 17.4. The summed E-state index contributed by atoms with van der Waals surface area (Å²) in [4.78, 5) is 14.5. The fourth-order valence-electron chi connectivity index (χ4n) is 3.17. The Kier molecular flexibility index (Phi) is 5.34. The Morgan fingerprint density at radius 1 is 1.24 bits per heavy atom. The number of nitrogens with one attached hydrogen (secondary N) is 1. The molecular weight excluding hydrogens is 317 g/mol. The van der Waals surface area contributed by atoms with Crippen LogP contribution < -0.4 is 16.0 Å². The minimum atomic E-state index is -0.643. The Labute approximate surface area is 147 Å². The molecule has 132 valence electrons. The van der Waals surface area contributed by atoms with E-state index in [1.165, 1.54) is 12.1 Å². The van der Waals surface area contributed by atoms with E-state index in [0.29, 0.717) is 12.5 Å². The number of benzene rings is 2. The van der Waals surface area contributed by atoms with Crippen molar-refractivity contribution in [3.05, 3.63) is 65.5 Å². The maximum Gasteiger partial charge on any atom is 0.241 e. The lowest BCUT2D eigenvalue weighted by Crippen LogP contribution is -2.37. The van der Waals surface area contributed by atoms with Gasteiger partial charge in [-0.15, -0.1) is 0 Å². The van der Waals surface area contributed by atoms with Gasteiger partial charge in [-0.25, -0.2) is 4.39 Å². The van der Waals surface area contributed by atoms with E-state index in [0.717, 1.165) is 36.3 Å². The topological polar surface area (TPSA) is 58.4 Å². The van der Waals surface area contributed by atoms with Gasteiger partial charge in [0.15, 0.2) is 0 Å². The molecule has 0 bridgehead atoms. The number of carbonyl (C=O) groups excluding carboxylic acids is 1. The van der Waals surface area contributed by atoms with Crippen molar-refractivity contribution in [2.45, 2.75) is 19.4 Å². The Morgan fingerprint density at radius 3 is 2.60 bits per heavy atom. The normalized spacial score (nSPS) is 18.2. The molecule has 4 nitrogen and oxygen atoms in total. The second-order valence-electron chi connectivity index (χ2n) is 6.71. The van der Waals surface area contributed by atoms with Crippen molar-refractivity contribution >= 4 is 11.6 Å². The third-order valence-electron chi connectivity index (χ3n) is 4.76. The van der Waals surface area contributed by atoms with E-state index < -0.39 is 6.04 Å². The number of rotatable bonds is 5. The van der Waals surface area contributed by atoms with E-state index in [4.69, 9.17) is 5.73 Å². The monoisotopic (exact) mass is 341 g/mol. The highest BCUT2D eigenvalue weighted by molar-refractivity contribution is 5.82. The van der Waals surface area contributed by atoms with Crippen molar-refractivity contribution in [2.24, 2.45) is 11.7 Å². The van der Waals surface area contributed by atoms with Gasteiger partial charge in [0, 0.05) is 25.3 Å². The molecule has 1 aliphatic heterocycles. The Balaban J connectivity index is 1.49. The lowest BCUT2D eigenvalue weighted by molar-refractivity contribution is -0.122. The summed E-state index contributed by atoms with van der Waals surface area (Å²) in [5, 5.41) is 2.97. The van der Waals surface area contributed by atoms with Gasteiger partial charge in [-0.1, -0.05) is 29.8 Å². The maximum atomic E-state index is 13.0. The summed E-state index contributed by atoms with van der Waals surface area (Å²) in [5.41, 5.74) is 9.03. The van der Waals surface area contributed by atoms with Crippen LogP contribution in [0, 0.1) is 18.7 Å². The van der Waals surface area contributed by atoms with E-state index in [-0.39, 0.29) is 11.7 Å². The van der Waals surface area contributed by atoms with Crippen LogP contribution in [0.2, 0.25) is 0 Å². The van der Waals surface area contributed by atoms with Gasteiger partial charge in [0.25, 0.3) is 0 Å². The summed E-state index contributed by atoms with van der Waals surface area (Å²) in [5.74, 6) is 0.000148. The molecule has 2 unspecified atom stereocenters. The number of hydrogen-bond acceptors (Lipinski definition) is 3. The van der Waals surface area contributed by atoms with E-state index in [9.17, 15) is 9.18 Å². The van der Waals surface area contributed by atoms with Gasteiger partial charge in [-0.05, 0) is 49.1 Å². The smallest absolute Gasteiger partial charge is 0.241 e. The standard InChI is InChI=1S/C20H24FN3O/c1-14-2-4-16(5-3-14)19(22)20(25)23-12-15-10-11-24(13-15)18-8-6-17(21)7-9-18/h2-9,15,19H,10-13,22H2,1H3,(H,23,25). The van der Waals surface area contributed by atoms with Crippen LogP contribution in [0.3, 0.4) is 0 Å². The molecule has 0 radical (unpaired) electrons. The molecule has 0 aromatic heterocycles. The highest BCUT2D eigenvalue weighted by Crippen LogP contribution is 2.23. The Bertz CT molecular complexity index is 715. The fraction of sp³-hybridized carbons (Fsp3) is 0.350. The molecule has 5 heteroatoms. The minimum absolute atomic E-state index is 0.149. The van der Waals surface area contributed by atoms with Gasteiger partial charge in [-0.3, -0.25) is 4.79 Å². The highest BCUT2D eigenvalue weighted by atomic mass is 19.1. The highest BCUT2D eigenvalue weighted by Gasteiger charge is 2.24. The molecule has 25 heavy (non-hydrogen) atoms. The van der Waals surface area contributed by atoms with Gasteiger partial charge in [-0.2, -0.15) is 0 Å². The number of hydrogen-bond donors (Lipinski definition) is 2. The molecule has 1 heterocycles. The molecule has 1 fully saturated rings. The molecule has 2 aromatic carbocycles. The van der Waals surface area contributed by atoms with E-state index in [2.05, 4.69) is 10.2 Å². The van der Waals surface area contributed by atoms with Crippen LogP contribution >= 0.6 is 0 Å². The fourth-order valence-corrected chi connectivity index (χ4v) is 3.17. The summed E-state index contributed by atoms with van der Waals surface area (Å²) in [7, 11) is 0. The van der Waals surface area contributed by atoms with Crippen LogP contribution in [-0.2, 0) is 4.79 Å². The first-order valence-corrected chi connectivity index (χ1v) is 8.63. The Hall–Kier alpha value is -2.40. The lowest BCUT2D eigenvalue weighted by Gasteiger charge is -2.19. The van der Waals surface area contributed by atoms with E-state index >= 15 is 0 Å². The van der Waals surface area contributed by atoms with Crippen molar-refractivity contribution in [2.75, 3.05) is 24.5 Å². The largest absolute Gasteiger partial charge is 0.371 e. The third kappa shape index (κ3) is 4.37. The van der Waals surface area contributed by atoms with Gasteiger partial charge >= 0.3 is 0 Å².